The molecule has 0 radical (unpaired) electrons. The highest BCUT2D eigenvalue weighted by atomic mass is 35.5. The summed E-state index contributed by atoms with van der Waals surface area (Å²) in [6, 6.07) is 1.28. The summed E-state index contributed by atoms with van der Waals surface area (Å²) >= 11 is 11.9. The smallest absolute Gasteiger partial charge is 0.417 e. The number of carbonyl (C=O) groups excluding carboxylic acids is 1. The lowest BCUT2D eigenvalue weighted by molar-refractivity contribution is -0.159. The fraction of sp³-hybridized carbons (Fsp3) is 0.278. The Morgan fingerprint density at radius 2 is 1.47 bits per heavy atom. The normalized spacial score (nSPS) is 21.2. The van der Waals surface area contributed by atoms with E-state index in [4.69, 9.17) is 27.9 Å². The first-order valence-electron chi connectivity index (χ1n) is 8.07. The summed E-state index contributed by atoms with van der Waals surface area (Å²) in [6.45, 7) is 2.70. The number of allylic oxidation sites excluding steroid dienone is 1. The van der Waals surface area contributed by atoms with E-state index in [1.165, 1.54) is 13.8 Å². The van der Waals surface area contributed by atoms with E-state index in [0.717, 1.165) is 0 Å². The second-order valence-corrected chi connectivity index (χ2v) is 7.39. The summed E-state index contributed by atoms with van der Waals surface area (Å²) in [5.74, 6) is -0.940. The number of ether oxygens (including phenoxy) is 1. The lowest BCUT2D eigenvalue weighted by atomic mass is 9.77. The third-order valence-corrected chi connectivity index (χ3v) is 5.14. The summed E-state index contributed by atoms with van der Waals surface area (Å²) in [4.78, 5) is 19.6. The molecule has 1 atom stereocenters. The minimum absolute atomic E-state index is 0.0872. The Morgan fingerprint density at radius 3 is 1.90 bits per heavy atom. The van der Waals surface area contributed by atoms with Gasteiger partial charge in [0.2, 0.25) is 0 Å². The summed E-state index contributed by atoms with van der Waals surface area (Å²) in [5.41, 5.74) is -4.04. The molecule has 0 N–H and O–H groups in total. The fourth-order valence-corrected chi connectivity index (χ4v) is 3.60. The van der Waals surface area contributed by atoms with E-state index in [1.807, 2.05) is 0 Å². The quantitative estimate of drug-likeness (QED) is 0.395. The average molecular weight is 471 g/mol. The summed E-state index contributed by atoms with van der Waals surface area (Å²) in [7, 11) is 0. The van der Waals surface area contributed by atoms with Gasteiger partial charge >= 0.3 is 18.3 Å². The third kappa shape index (κ3) is 3.62. The maximum absolute atomic E-state index is 12.9. The van der Waals surface area contributed by atoms with Gasteiger partial charge in [0, 0.05) is 18.0 Å². The number of hydrogen-bond donors (Lipinski definition) is 0. The van der Waals surface area contributed by atoms with Crippen LogP contribution in [0.4, 0.5) is 26.3 Å². The molecule has 0 spiro atoms. The molecule has 2 aromatic heterocycles. The fourth-order valence-electron chi connectivity index (χ4n) is 2.94. The monoisotopic (exact) mass is 470 g/mol. The maximum Gasteiger partial charge on any atom is 0.417 e. The van der Waals surface area contributed by atoms with Crippen LogP contribution in [0.25, 0.3) is 5.57 Å². The molecule has 30 heavy (non-hydrogen) atoms. The summed E-state index contributed by atoms with van der Waals surface area (Å²) in [5, 5.41) is -0.785. The Labute approximate surface area is 175 Å². The van der Waals surface area contributed by atoms with E-state index in [0.29, 0.717) is 24.5 Å². The van der Waals surface area contributed by atoms with E-state index in [9.17, 15) is 31.1 Å². The van der Waals surface area contributed by atoms with Gasteiger partial charge in [0.1, 0.15) is 5.76 Å². The number of aromatic nitrogens is 2. The molecule has 0 aromatic carbocycles. The molecule has 0 saturated carbocycles. The summed E-state index contributed by atoms with van der Waals surface area (Å²) < 4.78 is 82.0. The molecular weight excluding hydrogens is 461 g/mol. The van der Waals surface area contributed by atoms with Gasteiger partial charge in [-0.25, -0.2) is 0 Å². The van der Waals surface area contributed by atoms with E-state index in [1.54, 1.807) is 0 Å². The van der Waals surface area contributed by atoms with Crippen LogP contribution >= 0.6 is 23.2 Å². The van der Waals surface area contributed by atoms with Gasteiger partial charge in [-0.1, -0.05) is 23.2 Å². The van der Waals surface area contributed by atoms with Crippen LogP contribution in [0.1, 0.15) is 36.4 Å². The molecule has 3 rings (SSSR count). The molecule has 1 saturated heterocycles. The van der Waals surface area contributed by atoms with Gasteiger partial charge in [-0.2, -0.15) is 26.3 Å². The van der Waals surface area contributed by atoms with Crippen molar-refractivity contribution in [1.29, 1.82) is 0 Å². The number of alkyl halides is 6. The highest BCUT2D eigenvalue weighted by molar-refractivity contribution is 6.32. The van der Waals surface area contributed by atoms with E-state index in [2.05, 4.69) is 9.97 Å². The second-order valence-electron chi connectivity index (χ2n) is 6.57. The third-order valence-electron chi connectivity index (χ3n) is 4.56. The van der Waals surface area contributed by atoms with Gasteiger partial charge < -0.3 is 4.74 Å². The Kier molecular flexibility index (Phi) is 5.31. The van der Waals surface area contributed by atoms with Gasteiger partial charge in [-0.05, 0) is 26.0 Å². The van der Waals surface area contributed by atoms with Gasteiger partial charge in [0.15, 0.2) is 5.41 Å². The average Bonchev–Trinajstić information content (AvgIpc) is 2.63. The number of halogens is 8. The molecule has 0 amide bonds. The number of carbonyl (C=O) groups is 1. The first-order valence-corrected chi connectivity index (χ1v) is 8.83. The largest absolute Gasteiger partial charge is 0.428 e. The predicted octanol–water partition coefficient (Wildman–Crippen LogP) is 6.07. The first kappa shape index (κ1) is 22.4. The molecule has 1 fully saturated rings. The Bertz CT molecular complexity index is 1080. The van der Waals surface area contributed by atoms with Crippen molar-refractivity contribution in [2.45, 2.75) is 31.6 Å². The maximum atomic E-state index is 12.9. The lowest BCUT2D eigenvalue weighted by Gasteiger charge is -2.39. The van der Waals surface area contributed by atoms with Crippen molar-refractivity contribution < 1.29 is 35.9 Å². The predicted molar refractivity (Wildman–Crippen MR) is 94.5 cm³/mol. The van der Waals surface area contributed by atoms with Crippen molar-refractivity contribution in [3.05, 3.63) is 62.8 Å². The zero-order chi connectivity index (χ0) is 22.6. The van der Waals surface area contributed by atoms with Crippen molar-refractivity contribution in [2.75, 3.05) is 0 Å². The molecule has 0 aliphatic carbocycles. The lowest BCUT2D eigenvalue weighted by Crippen LogP contribution is -2.49. The van der Waals surface area contributed by atoms with Crippen molar-refractivity contribution in [3.63, 3.8) is 0 Å². The molecule has 1 aliphatic heterocycles. The van der Waals surface area contributed by atoms with Crippen LogP contribution in [0.15, 0.2) is 30.3 Å². The van der Waals surface area contributed by atoms with Crippen LogP contribution in [-0.2, 0) is 27.3 Å². The molecule has 2 aromatic rings. The summed E-state index contributed by atoms with van der Waals surface area (Å²) in [6.07, 6.45) is -8.27. The molecule has 12 heteroatoms. The van der Waals surface area contributed by atoms with E-state index in [-0.39, 0.29) is 27.7 Å². The Balaban J connectivity index is 2.10. The molecule has 3 heterocycles. The first-order chi connectivity index (χ1) is 13.7. The van der Waals surface area contributed by atoms with Crippen LogP contribution in [0, 0.1) is 0 Å². The van der Waals surface area contributed by atoms with Crippen LogP contribution in [0.5, 0.6) is 0 Å². The topological polar surface area (TPSA) is 52.1 Å². The SMILES string of the molecule is C/C(=C1/OC(=O)[C@@]1(C)c1ncc(C(F)(F)F)cc1Cl)c1ncc(C(F)(F)F)cc1Cl. The molecule has 4 nitrogen and oxygen atoms in total. The number of pyridine rings is 2. The van der Waals surface area contributed by atoms with Crippen LogP contribution < -0.4 is 0 Å². The van der Waals surface area contributed by atoms with Gasteiger partial charge in [0.25, 0.3) is 0 Å². The van der Waals surface area contributed by atoms with Crippen molar-refractivity contribution >= 4 is 34.7 Å². The minimum Gasteiger partial charge on any atom is -0.428 e. The standard InChI is InChI=1S/C18H10Cl2F6N2O2/c1-7(12-10(19)3-8(5-27-12)17(21,22)23)14-16(2,15(29)30-14)13-11(20)4-9(6-28-13)18(24,25)26/h3-6H,1-2H3/b14-7-/t16-/m0/s1. The van der Waals surface area contributed by atoms with Gasteiger partial charge in [-0.3, -0.25) is 14.8 Å². The van der Waals surface area contributed by atoms with Gasteiger partial charge in [-0.15, -0.1) is 0 Å². The molecule has 160 valence electrons. The highest BCUT2D eigenvalue weighted by Gasteiger charge is 2.56. The number of esters is 1. The minimum atomic E-state index is -4.69. The number of nitrogens with zero attached hydrogens (tertiary/aromatic N) is 2. The molecular formula is C18H10Cl2F6N2O2. The van der Waals surface area contributed by atoms with E-state index >= 15 is 0 Å². The number of hydrogen-bond acceptors (Lipinski definition) is 4. The number of cyclic esters (lactones) is 1. The number of rotatable bonds is 2. The molecule has 0 bridgehead atoms. The molecule has 1 aliphatic rings. The van der Waals surface area contributed by atoms with Crippen LogP contribution in [-0.4, -0.2) is 15.9 Å². The van der Waals surface area contributed by atoms with Crippen LogP contribution in [0.3, 0.4) is 0 Å². The van der Waals surface area contributed by atoms with Crippen molar-refractivity contribution in [1.82, 2.24) is 9.97 Å². The molecule has 0 unspecified atom stereocenters. The van der Waals surface area contributed by atoms with Crippen molar-refractivity contribution in [2.24, 2.45) is 0 Å². The Morgan fingerprint density at radius 1 is 0.967 bits per heavy atom. The van der Waals surface area contributed by atoms with Crippen molar-refractivity contribution in [3.8, 4) is 0 Å². The zero-order valence-electron chi connectivity index (χ0n) is 15.0. The highest BCUT2D eigenvalue weighted by Crippen LogP contribution is 2.48. The van der Waals surface area contributed by atoms with Crippen LogP contribution in [0.2, 0.25) is 10.0 Å². The Hall–Kier alpha value is -2.33. The second kappa shape index (κ2) is 7.12. The van der Waals surface area contributed by atoms with E-state index < -0.39 is 39.9 Å². The zero-order valence-corrected chi connectivity index (χ0v) is 16.6. The van der Waals surface area contributed by atoms with Gasteiger partial charge in [0.05, 0.1) is 32.6 Å².